The second kappa shape index (κ2) is 4.82. The number of hydrogen-bond donors (Lipinski definition) is 0. The number of alkyl halides is 1. The van der Waals surface area contributed by atoms with Crippen molar-refractivity contribution in [1.82, 2.24) is 0 Å². The van der Waals surface area contributed by atoms with Gasteiger partial charge in [0.05, 0.1) is 12.2 Å². The zero-order valence-corrected chi connectivity index (χ0v) is 12.2. The Bertz CT molecular complexity index is 275. The maximum Gasteiger partial charge on any atom is 0.0939 e. The molecule has 0 aromatic heterocycles. The quantitative estimate of drug-likeness (QED) is 0.691. The van der Waals surface area contributed by atoms with E-state index in [0.29, 0.717) is 0 Å². The minimum atomic E-state index is 0.0903. The molecule has 5 atom stereocenters. The molecule has 2 saturated heterocycles. The lowest BCUT2D eigenvalue weighted by Crippen LogP contribution is -2.42. The molecule has 2 heterocycles. The molecule has 1 aliphatic carbocycles. The van der Waals surface area contributed by atoms with Crippen molar-refractivity contribution >= 4 is 15.9 Å². The highest BCUT2D eigenvalue weighted by molar-refractivity contribution is 9.09. The molecule has 1 saturated carbocycles. The van der Waals surface area contributed by atoms with Gasteiger partial charge in [-0.15, -0.1) is 0 Å². The summed E-state index contributed by atoms with van der Waals surface area (Å²) in [6.07, 6.45) is 6.37. The van der Waals surface area contributed by atoms with Crippen LogP contribution in [0.3, 0.4) is 0 Å². The number of rotatable bonds is 1. The minimum absolute atomic E-state index is 0.0903. The molecule has 3 heteroatoms. The van der Waals surface area contributed by atoms with Crippen LogP contribution in [0.2, 0.25) is 0 Å². The van der Waals surface area contributed by atoms with E-state index in [0.717, 1.165) is 48.8 Å². The van der Waals surface area contributed by atoms with Gasteiger partial charge in [-0.2, -0.15) is 0 Å². The van der Waals surface area contributed by atoms with Gasteiger partial charge in [-0.25, -0.2) is 0 Å². The molecule has 0 bridgehead atoms. The molecular formula is C14H23BrO2. The van der Waals surface area contributed by atoms with E-state index in [1.165, 1.54) is 25.7 Å². The third kappa shape index (κ3) is 2.31. The lowest BCUT2D eigenvalue weighted by atomic mass is 9.74. The maximum absolute atomic E-state index is 6.04. The van der Waals surface area contributed by atoms with Crippen LogP contribution >= 0.6 is 15.9 Å². The van der Waals surface area contributed by atoms with E-state index in [-0.39, 0.29) is 5.60 Å². The van der Waals surface area contributed by atoms with Crippen molar-refractivity contribution in [1.29, 1.82) is 0 Å². The average Bonchev–Trinajstić information content (AvgIpc) is 2.89. The van der Waals surface area contributed by atoms with Crippen molar-refractivity contribution in [2.75, 3.05) is 19.8 Å². The van der Waals surface area contributed by atoms with Gasteiger partial charge in [0.2, 0.25) is 0 Å². The summed E-state index contributed by atoms with van der Waals surface area (Å²) in [6.45, 7) is 5.10. The fraction of sp³-hybridized carbons (Fsp3) is 1.00. The first-order valence-corrected chi connectivity index (χ1v) is 7.98. The monoisotopic (exact) mass is 302 g/mol. The Balaban J connectivity index is 1.67. The Morgan fingerprint density at radius 1 is 1.18 bits per heavy atom. The number of hydrogen-bond acceptors (Lipinski definition) is 2. The topological polar surface area (TPSA) is 18.5 Å². The fourth-order valence-electron chi connectivity index (χ4n) is 4.11. The van der Waals surface area contributed by atoms with Gasteiger partial charge in [0.1, 0.15) is 0 Å². The van der Waals surface area contributed by atoms with Crippen LogP contribution in [0.15, 0.2) is 0 Å². The fourth-order valence-corrected chi connectivity index (χ4v) is 4.76. The largest absolute Gasteiger partial charge is 0.378 e. The van der Waals surface area contributed by atoms with E-state index in [4.69, 9.17) is 9.47 Å². The van der Waals surface area contributed by atoms with Crippen LogP contribution in [0.25, 0.3) is 0 Å². The van der Waals surface area contributed by atoms with E-state index < -0.39 is 0 Å². The molecule has 2 aliphatic heterocycles. The van der Waals surface area contributed by atoms with Gasteiger partial charge in [0.15, 0.2) is 0 Å². The van der Waals surface area contributed by atoms with Crippen molar-refractivity contribution < 1.29 is 9.47 Å². The highest BCUT2D eigenvalue weighted by atomic mass is 79.9. The Morgan fingerprint density at radius 2 is 2.06 bits per heavy atom. The first-order valence-electron chi connectivity index (χ1n) is 7.06. The van der Waals surface area contributed by atoms with Gasteiger partial charge in [-0.3, -0.25) is 0 Å². The molecule has 3 fully saturated rings. The van der Waals surface area contributed by atoms with Crippen LogP contribution in [0, 0.1) is 17.8 Å². The van der Waals surface area contributed by atoms with Gasteiger partial charge in [0.25, 0.3) is 0 Å². The zero-order chi connectivity index (χ0) is 11.9. The van der Waals surface area contributed by atoms with Crippen LogP contribution in [0.5, 0.6) is 0 Å². The molecule has 0 aromatic rings. The number of ether oxygens (including phenoxy) is 2. The molecular weight excluding hydrogens is 280 g/mol. The van der Waals surface area contributed by atoms with Crippen LogP contribution in [-0.2, 0) is 9.47 Å². The molecule has 2 nitrogen and oxygen atoms in total. The minimum Gasteiger partial charge on any atom is -0.378 e. The van der Waals surface area contributed by atoms with Crippen molar-refractivity contribution in [2.45, 2.75) is 49.5 Å². The summed E-state index contributed by atoms with van der Waals surface area (Å²) < 4.78 is 11.6. The molecule has 0 N–H and O–H groups in total. The summed E-state index contributed by atoms with van der Waals surface area (Å²) in [6, 6.07) is 0. The van der Waals surface area contributed by atoms with E-state index >= 15 is 0 Å². The van der Waals surface area contributed by atoms with Crippen molar-refractivity contribution in [3.8, 4) is 0 Å². The predicted octanol–water partition coefficient (Wildman–Crippen LogP) is 3.38. The van der Waals surface area contributed by atoms with Gasteiger partial charge < -0.3 is 9.47 Å². The second-order valence-electron chi connectivity index (χ2n) is 6.20. The summed E-state index contributed by atoms with van der Waals surface area (Å²) in [5, 5.41) is 0. The standard InChI is InChI=1S/C14H23BrO2/c1-10-12(2-3-13(10)15)11-4-6-17-14(8-11)5-7-16-9-14/h10-13H,2-9H2,1H3. The van der Waals surface area contributed by atoms with E-state index in [1.54, 1.807) is 0 Å². The highest BCUT2D eigenvalue weighted by Gasteiger charge is 2.45. The van der Waals surface area contributed by atoms with Gasteiger partial charge in [-0.1, -0.05) is 22.9 Å². The normalized spacial score (nSPS) is 51.2. The van der Waals surface area contributed by atoms with Gasteiger partial charge in [-0.05, 0) is 43.4 Å². The summed E-state index contributed by atoms with van der Waals surface area (Å²) in [4.78, 5) is 0.742. The van der Waals surface area contributed by atoms with Crippen molar-refractivity contribution in [2.24, 2.45) is 17.8 Å². The van der Waals surface area contributed by atoms with E-state index in [9.17, 15) is 0 Å². The lowest BCUT2D eigenvalue weighted by molar-refractivity contribution is -0.108. The van der Waals surface area contributed by atoms with Crippen molar-refractivity contribution in [3.05, 3.63) is 0 Å². The molecule has 0 aromatic carbocycles. The summed E-state index contributed by atoms with van der Waals surface area (Å²) in [5.41, 5.74) is 0.0903. The van der Waals surface area contributed by atoms with Crippen LogP contribution in [0.1, 0.15) is 39.0 Å². The Kier molecular flexibility index (Phi) is 3.53. The summed E-state index contributed by atoms with van der Waals surface area (Å²) >= 11 is 3.83. The smallest absolute Gasteiger partial charge is 0.0939 e. The van der Waals surface area contributed by atoms with E-state index in [2.05, 4.69) is 22.9 Å². The first kappa shape index (κ1) is 12.4. The van der Waals surface area contributed by atoms with Crippen LogP contribution in [-0.4, -0.2) is 30.2 Å². The van der Waals surface area contributed by atoms with Gasteiger partial charge >= 0.3 is 0 Å². The average molecular weight is 303 g/mol. The summed E-state index contributed by atoms with van der Waals surface area (Å²) in [7, 11) is 0. The highest BCUT2D eigenvalue weighted by Crippen LogP contribution is 2.47. The lowest BCUT2D eigenvalue weighted by Gasteiger charge is -2.40. The predicted molar refractivity (Wildman–Crippen MR) is 71.4 cm³/mol. The first-order chi connectivity index (χ1) is 8.20. The molecule has 17 heavy (non-hydrogen) atoms. The molecule has 3 rings (SSSR count). The molecule has 0 amide bonds. The third-order valence-corrected chi connectivity index (χ3v) is 6.52. The van der Waals surface area contributed by atoms with Crippen LogP contribution < -0.4 is 0 Å². The SMILES string of the molecule is CC1C(Br)CCC1C1CCOC2(CCOC2)C1. The van der Waals surface area contributed by atoms with E-state index in [1.807, 2.05) is 0 Å². The third-order valence-electron chi connectivity index (χ3n) is 5.23. The van der Waals surface area contributed by atoms with Gasteiger partial charge in [0, 0.05) is 24.5 Å². The Morgan fingerprint density at radius 3 is 2.71 bits per heavy atom. The van der Waals surface area contributed by atoms with Crippen molar-refractivity contribution in [3.63, 3.8) is 0 Å². The van der Waals surface area contributed by atoms with Crippen LogP contribution in [0.4, 0.5) is 0 Å². The summed E-state index contributed by atoms with van der Waals surface area (Å²) in [5.74, 6) is 2.60. The maximum atomic E-state index is 6.04. The molecule has 5 unspecified atom stereocenters. The number of halogens is 1. The Hall–Kier alpha value is 0.400. The molecule has 1 spiro atoms. The zero-order valence-electron chi connectivity index (χ0n) is 10.7. The Labute approximate surface area is 113 Å². The molecule has 3 aliphatic rings. The second-order valence-corrected chi connectivity index (χ2v) is 7.38. The molecule has 0 radical (unpaired) electrons. The molecule has 98 valence electrons.